The number of hydrogen-bond acceptors (Lipinski definition) is 7. The number of carbonyl (C=O) groups excluding carboxylic acids is 2. The van der Waals surface area contributed by atoms with Gasteiger partial charge in [-0.05, 0) is 115 Å². The summed E-state index contributed by atoms with van der Waals surface area (Å²) < 4.78 is 30.4. The number of carbonyl (C=O) groups is 2. The number of amides is 1. The summed E-state index contributed by atoms with van der Waals surface area (Å²) in [4.78, 5) is 40.2. The van der Waals surface area contributed by atoms with Crippen LogP contribution in [0.25, 0.3) is 0 Å². The third kappa shape index (κ3) is 63.0. The van der Waals surface area contributed by atoms with Gasteiger partial charge < -0.3 is 28.5 Å². The first-order valence-corrected chi connectivity index (χ1v) is 35.7. The van der Waals surface area contributed by atoms with Crippen LogP contribution in [0.2, 0.25) is 0 Å². The quantitative estimate of drug-likeness (QED) is 0.0212. The van der Waals surface area contributed by atoms with Gasteiger partial charge in [0.2, 0.25) is 5.91 Å². The van der Waals surface area contributed by atoms with Crippen LogP contribution in [0.5, 0.6) is 0 Å². The van der Waals surface area contributed by atoms with Gasteiger partial charge >= 0.3 is 5.97 Å². The van der Waals surface area contributed by atoms with Gasteiger partial charge in [-0.25, -0.2) is 0 Å². The molecule has 0 bridgehead atoms. The lowest BCUT2D eigenvalue weighted by atomic mass is 10.0. The Kier molecular flexibility index (Phi) is 59.3. The zero-order chi connectivity index (χ0) is 60.7. The number of phosphoric acid groups is 1. The van der Waals surface area contributed by atoms with Crippen LogP contribution in [0.15, 0.2) is 109 Å². The van der Waals surface area contributed by atoms with E-state index in [-0.39, 0.29) is 24.9 Å². The number of likely N-dealkylation sites (N-methyl/N-ethyl adjacent to an activating group) is 1. The highest BCUT2D eigenvalue weighted by molar-refractivity contribution is 7.45. The lowest BCUT2D eigenvalue weighted by molar-refractivity contribution is -0.870. The van der Waals surface area contributed by atoms with E-state index in [1.165, 1.54) is 116 Å². The molecule has 0 aromatic heterocycles. The molecule has 0 saturated carbocycles. The topological polar surface area (TPSA) is 114 Å². The Hall–Kier alpha value is -3.33. The summed E-state index contributed by atoms with van der Waals surface area (Å²) in [6.07, 6.45) is 84.8. The van der Waals surface area contributed by atoms with Crippen molar-refractivity contribution in [1.82, 2.24) is 5.32 Å². The molecule has 1 amide bonds. The number of allylic oxidation sites excluding steroid dienone is 17. The van der Waals surface area contributed by atoms with Crippen molar-refractivity contribution < 1.29 is 37.3 Å². The molecule has 0 aliphatic carbocycles. The molecule has 0 fully saturated rings. The first-order chi connectivity index (χ1) is 40.4. The molecule has 0 heterocycles. The van der Waals surface area contributed by atoms with Crippen molar-refractivity contribution in [3.63, 3.8) is 0 Å². The monoisotopic (exact) mass is 1180 g/mol. The van der Waals surface area contributed by atoms with Crippen LogP contribution >= 0.6 is 7.82 Å². The highest BCUT2D eigenvalue weighted by Gasteiger charge is 2.27. The van der Waals surface area contributed by atoms with Crippen LogP contribution in [-0.2, 0) is 27.9 Å². The molecule has 1 N–H and O–H groups in total. The Morgan fingerprint density at radius 2 is 0.771 bits per heavy atom. The molecule has 0 aliphatic heterocycles. The molecule has 10 heteroatoms. The number of unbranched alkanes of at least 4 members (excludes halogenated alkanes) is 29. The Bertz CT molecular complexity index is 1790. The van der Waals surface area contributed by atoms with Crippen molar-refractivity contribution in [3.8, 4) is 0 Å². The molecule has 83 heavy (non-hydrogen) atoms. The van der Waals surface area contributed by atoms with Crippen molar-refractivity contribution in [1.29, 1.82) is 0 Å². The molecule has 0 aromatic rings. The van der Waals surface area contributed by atoms with E-state index in [1.807, 2.05) is 33.3 Å². The standard InChI is InChI=1S/C73H129N2O7P/c1-7-10-13-16-19-22-25-28-30-32-34-35-36-37-38-39-41-43-45-48-51-54-57-60-63-66-73(77)82-71(64-61-58-55-52-49-46-27-24-21-18-15-12-9-3)70(69-81-83(78,79)80-68-67-75(4,5)6)74-72(76)65-62-59-56-53-50-47-44-42-40-33-31-29-26-23-20-17-14-11-8-2/h10,13,19-20,22-23,28-31,34-35,37-38,41,43,61,64,70-71H,7-9,11-12,14-18,21,24-27,32-33,36,39-40,42,44-60,62-63,65-69H2,1-6H3,(H-,74,76,78,79)/b13-10-,22-19-,23-20-,30-28-,31-29-,35-34-,38-37-,43-41-,64-61-. The van der Waals surface area contributed by atoms with Gasteiger partial charge in [-0.3, -0.25) is 14.2 Å². The molecular weight excluding hydrogens is 1050 g/mol. The summed E-state index contributed by atoms with van der Waals surface area (Å²) in [6.45, 7) is 6.70. The van der Waals surface area contributed by atoms with E-state index in [9.17, 15) is 19.0 Å². The van der Waals surface area contributed by atoms with Crippen molar-refractivity contribution >= 4 is 19.7 Å². The van der Waals surface area contributed by atoms with Gasteiger partial charge in [0.15, 0.2) is 0 Å². The zero-order valence-corrected chi connectivity index (χ0v) is 55.5. The van der Waals surface area contributed by atoms with Gasteiger partial charge in [-0.2, -0.15) is 0 Å². The average Bonchev–Trinajstić information content (AvgIpc) is 3.46. The second-order valence-electron chi connectivity index (χ2n) is 23.9. The Labute approximate surface area is 512 Å². The molecule has 0 saturated heterocycles. The summed E-state index contributed by atoms with van der Waals surface area (Å²) >= 11 is 0. The summed E-state index contributed by atoms with van der Waals surface area (Å²) in [5, 5.41) is 3.03. The minimum absolute atomic E-state index is 0.0305. The minimum Gasteiger partial charge on any atom is -0.756 e. The fraction of sp³-hybridized carbons (Fsp3) is 0.726. The van der Waals surface area contributed by atoms with Gasteiger partial charge in [0.25, 0.3) is 7.82 Å². The fourth-order valence-corrected chi connectivity index (χ4v) is 10.2. The van der Waals surface area contributed by atoms with E-state index < -0.39 is 26.6 Å². The molecule has 3 atom stereocenters. The van der Waals surface area contributed by atoms with Gasteiger partial charge in [0.1, 0.15) is 19.3 Å². The van der Waals surface area contributed by atoms with Crippen molar-refractivity contribution in [3.05, 3.63) is 109 Å². The maximum Gasteiger partial charge on any atom is 0.306 e. The number of nitrogens with zero attached hydrogens (tertiary/aromatic N) is 1. The van der Waals surface area contributed by atoms with Crippen molar-refractivity contribution in [2.45, 2.75) is 303 Å². The molecule has 0 aromatic carbocycles. The summed E-state index contributed by atoms with van der Waals surface area (Å²) in [7, 11) is 1.16. The first-order valence-electron chi connectivity index (χ1n) is 34.2. The number of phosphoric ester groups is 1. The summed E-state index contributed by atoms with van der Waals surface area (Å²) in [5.41, 5.74) is 0. The van der Waals surface area contributed by atoms with Gasteiger partial charge in [0.05, 0.1) is 33.8 Å². The van der Waals surface area contributed by atoms with E-state index in [0.29, 0.717) is 23.9 Å². The minimum atomic E-state index is -4.71. The predicted octanol–water partition coefficient (Wildman–Crippen LogP) is 21.0. The predicted molar refractivity (Wildman–Crippen MR) is 357 cm³/mol. The van der Waals surface area contributed by atoms with Crippen LogP contribution in [0.4, 0.5) is 0 Å². The van der Waals surface area contributed by atoms with Crippen molar-refractivity contribution in [2.24, 2.45) is 0 Å². The largest absolute Gasteiger partial charge is 0.756 e. The van der Waals surface area contributed by atoms with Crippen LogP contribution in [0, 0.1) is 0 Å². The molecule has 0 radical (unpaired) electrons. The highest BCUT2D eigenvalue weighted by Crippen LogP contribution is 2.38. The average molecular weight is 1180 g/mol. The number of rotatable bonds is 61. The van der Waals surface area contributed by atoms with E-state index >= 15 is 0 Å². The SMILES string of the molecule is CC/C=C\C/C=C\C/C=C\C/C=C\C/C=C\C/C=C\CCCCCCCCC(=O)OC(/C=C\CCCCCCCCCCCCC)C(COP(=O)([O-])OCC[N+](C)(C)C)NC(=O)CCCCCCCCCCC/C=C\C/C=C\CCCCC. The Morgan fingerprint density at radius 1 is 0.434 bits per heavy atom. The van der Waals surface area contributed by atoms with E-state index in [2.05, 4.69) is 123 Å². The molecule has 0 aliphatic rings. The van der Waals surface area contributed by atoms with Gasteiger partial charge in [-0.1, -0.05) is 272 Å². The second-order valence-corrected chi connectivity index (χ2v) is 25.4. The van der Waals surface area contributed by atoms with Gasteiger partial charge in [-0.15, -0.1) is 0 Å². The number of esters is 1. The maximum absolute atomic E-state index is 13.6. The van der Waals surface area contributed by atoms with Crippen LogP contribution < -0.4 is 10.2 Å². The maximum atomic E-state index is 13.6. The van der Waals surface area contributed by atoms with Gasteiger partial charge in [0, 0.05) is 12.8 Å². The zero-order valence-electron chi connectivity index (χ0n) is 54.6. The molecule has 478 valence electrons. The molecule has 9 nitrogen and oxygen atoms in total. The fourth-order valence-electron chi connectivity index (χ4n) is 9.44. The summed E-state index contributed by atoms with van der Waals surface area (Å²) in [5.74, 6) is -0.563. The molecule has 0 rings (SSSR count). The van der Waals surface area contributed by atoms with Crippen LogP contribution in [0.1, 0.15) is 290 Å². The lowest BCUT2D eigenvalue weighted by Crippen LogP contribution is -2.47. The van der Waals surface area contributed by atoms with E-state index in [0.717, 1.165) is 135 Å². The van der Waals surface area contributed by atoms with Crippen molar-refractivity contribution in [2.75, 3.05) is 40.9 Å². The Morgan fingerprint density at radius 3 is 1.18 bits per heavy atom. The van der Waals surface area contributed by atoms with E-state index in [4.69, 9.17) is 13.8 Å². The highest BCUT2D eigenvalue weighted by atomic mass is 31.2. The molecule has 3 unspecified atom stereocenters. The second kappa shape index (κ2) is 61.7. The number of ether oxygens (including phenoxy) is 1. The van der Waals surface area contributed by atoms with E-state index in [1.54, 1.807) is 0 Å². The first kappa shape index (κ1) is 79.7. The number of nitrogens with one attached hydrogen (secondary N) is 1. The third-order valence-corrected chi connectivity index (χ3v) is 15.7. The smallest absolute Gasteiger partial charge is 0.306 e. The molecular formula is C73H129N2O7P. The van der Waals surface area contributed by atoms with Crippen LogP contribution in [0.3, 0.4) is 0 Å². The third-order valence-electron chi connectivity index (χ3n) is 14.7. The lowest BCUT2D eigenvalue weighted by Gasteiger charge is -2.30. The molecule has 0 spiro atoms. The normalized spacial score (nSPS) is 14.3. The Balaban J connectivity index is 5.21. The number of hydrogen-bond donors (Lipinski definition) is 1. The summed E-state index contributed by atoms with van der Waals surface area (Å²) in [6, 6.07) is -0.905. The van der Waals surface area contributed by atoms with Crippen LogP contribution in [-0.4, -0.2) is 69.4 Å². The number of quaternary nitrogens is 1.